The van der Waals surface area contributed by atoms with Gasteiger partial charge in [0.15, 0.2) is 0 Å². The van der Waals surface area contributed by atoms with Gasteiger partial charge in [-0.15, -0.1) is 11.6 Å². The van der Waals surface area contributed by atoms with Gasteiger partial charge >= 0.3 is 0 Å². The highest BCUT2D eigenvalue weighted by Crippen LogP contribution is 1.99. The number of unbranched alkanes of at least 4 members (excludes halogenated alkanes) is 1. The molecule has 0 spiro atoms. The Bertz CT molecular complexity index is 130. The number of alkyl halides is 1. The highest BCUT2D eigenvalue weighted by Gasteiger charge is 2.08. The molecule has 0 aromatic rings. The number of halogens is 1. The molecule has 1 amide bonds. The molecular formula is C8H16ClNO2. The number of aliphatic hydroxyl groups excluding tert-OH is 1. The van der Waals surface area contributed by atoms with Crippen molar-refractivity contribution in [2.24, 2.45) is 0 Å². The molecule has 0 aromatic heterocycles. The summed E-state index contributed by atoms with van der Waals surface area (Å²) in [6, 6.07) is -0.129. The Balaban J connectivity index is 3.59. The fraction of sp³-hybridized carbons (Fsp3) is 0.875. The van der Waals surface area contributed by atoms with Crippen LogP contribution in [0.15, 0.2) is 0 Å². The highest BCUT2D eigenvalue weighted by molar-refractivity contribution is 6.27. The van der Waals surface area contributed by atoms with Crippen LogP contribution in [0.5, 0.6) is 0 Å². The van der Waals surface area contributed by atoms with Gasteiger partial charge in [-0.1, -0.05) is 19.8 Å². The van der Waals surface area contributed by atoms with Crippen LogP contribution in [0.1, 0.15) is 26.2 Å². The summed E-state index contributed by atoms with van der Waals surface area (Å²) in [4.78, 5) is 10.8. The minimum atomic E-state index is -0.216. The largest absolute Gasteiger partial charge is 0.394 e. The molecule has 0 aliphatic heterocycles. The Labute approximate surface area is 78.1 Å². The summed E-state index contributed by atoms with van der Waals surface area (Å²) in [5.41, 5.74) is 0. The van der Waals surface area contributed by atoms with Crippen molar-refractivity contribution >= 4 is 17.5 Å². The average Bonchev–Trinajstić information content (AvgIpc) is 2.11. The van der Waals surface area contributed by atoms with Gasteiger partial charge in [0, 0.05) is 0 Å². The number of rotatable bonds is 6. The predicted octanol–water partition coefficient (Wildman–Crippen LogP) is 0.892. The van der Waals surface area contributed by atoms with Crippen molar-refractivity contribution in [2.75, 3.05) is 12.5 Å². The van der Waals surface area contributed by atoms with Crippen LogP contribution in [0.3, 0.4) is 0 Å². The second-order valence-corrected chi connectivity index (χ2v) is 2.99. The maximum absolute atomic E-state index is 10.8. The van der Waals surface area contributed by atoms with Gasteiger partial charge in [0.1, 0.15) is 5.88 Å². The van der Waals surface area contributed by atoms with Gasteiger partial charge in [-0.05, 0) is 6.42 Å². The molecule has 0 unspecified atom stereocenters. The molecule has 3 nitrogen and oxygen atoms in total. The molecule has 0 bridgehead atoms. The summed E-state index contributed by atoms with van der Waals surface area (Å²) in [7, 11) is 0. The molecule has 12 heavy (non-hydrogen) atoms. The van der Waals surface area contributed by atoms with Crippen LogP contribution in [0.2, 0.25) is 0 Å². The first-order valence-electron chi connectivity index (χ1n) is 4.20. The normalized spacial score (nSPS) is 12.6. The summed E-state index contributed by atoms with van der Waals surface area (Å²) in [5.74, 6) is -0.255. The van der Waals surface area contributed by atoms with Gasteiger partial charge in [-0.3, -0.25) is 4.79 Å². The van der Waals surface area contributed by atoms with Crippen molar-refractivity contribution in [1.82, 2.24) is 5.32 Å². The van der Waals surface area contributed by atoms with Crippen LogP contribution in [-0.4, -0.2) is 29.5 Å². The lowest BCUT2D eigenvalue weighted by Crippen LogP contribution is -2.38. The molecule has 0 rings (SSSR count). The standard InChI is InChI=1S/C8H16ClNO2/c1-2-3-4-7(6-11)10-8(12)5-9/h7,11H,2-6H2,1H3,(H,10,12)/t7-/m1/s1. The van der Waals surface area contributed by atoms with E-state index < -0.39 is 0 Å². The van der Waals surface area contributed by atoms with E-state index in [1.54, 1.807) is 0 Å². The summed E-state index contributed by atoms with van der Waals surface area (Å²) in [5, 5.41) is 11.5. The second kappa shape index (κ2) is 7.37. The van der Waals surface area contributed by atoms with E-state index >= 15 is 0 Å². The molecular weight excluding hydrogens is 178 g/mol. The first kappa shape index (κ1) is 11.7. The van der Waals surface area contributed by atoms with E-state index in [0.29, 0.717) is 0 Å². The fourth-order valence-corrected chi connectivity index (χ4v) is 1.00. The summed E-state index contributed by atoms with van der Waals surface area (Å²) >= 11 is 5.29. The van der Waals surface area contributed by atoms with Gasteiger partial charge in [0.25, 0.3) is 0 Å². The van der Waals surface area contributed by atoms with Crippen molar-refractivity contribution in [3.05, 3.63) is 0 Å². The van der Waals surface area contributed by atoms with Crippen molar-refractivity contribution in [1.29, 1.82) is 0 Å². The monoisotopic (exact) mass is 193 g/mol. The van der Waals surface area contributed by atoms with Gasteiger partial charge < -0.3 is 10.4 Å². The van der Waals surface area contributed by atoms with E-state index in [1.807, 2.05) is 0 Å². The second-order valence-electron chi connectivity index (χ2n) is 2.72. The third kappa shape index (κ3) is 5.38. The Hall–Kier alpha value is -0.280. The van der Waals surface area contributed by atoms with E-state index in [4.69, 9.17) is 16.7 Å². The number of carbonyl (C=O) groups excluding carboxylic acids is 1. The molecule has 0 fully saturated rings. The van der Waals surface area contributed by atoms with Gasteiger partial charge in [0.2, 0.25) is 5.91 Å². The predicted molar refractivity (Wildman–Crippen MR) is 49.3 cm³/mol. The lowest BCUT2D eigenvalue weighted by atomic mass is 10.1. The van der Waals surface area contributed by atoms with E-state index in [1.165, 1.54) is 0 Å². The zero-order valence-electron chi connectivity index (χ0n) is 7.35. The number of aliphatic hydroxyl groups is 1. The van der Waals surface area contributed by atoms with Crippen molar-refractivity contribution in [3.63, 3.8) is 0 Å². The highest BCUT2D eigenvalue weighted by atomic mass is 35.5. The Morgan fingerprint density at radius 1 is 1.67 bits per heavy atom. The van der Waals surface area contributed by atoms with Crippen LogP contribution < -0.4 is 5.32 Å². The lowest BCUT2D eigenvalue weighted by Gasteiger charge is -2.14. The zero-order chi connectivity index (χ0) is 9.40. The summed E-state index contributed by atoms with van der Waals surface area (Å²) < 4.78 is 0. The van der Waals surface area contributed by atoms with Crippen LogP contribution in [0.4, 0.5) is 0 Å². The Morgan fingerprint density at radius 2 is 2.33 bits per heavy atom. The minimum Gasteiger partial charge on any atom is -0.394 e. The molecule has 4 heteroatoms. The third-order valence-electron chi connectivity index (χ3n) is 1.61. The maximum Gasteiger partial charge on any atom is 0.235 e. The number of amides is 1. The van der Waals surface area contributed by atoms with E-state index in [9.17, 15) is 4.79 Å². The van der Waals surface area contributed by atoms with Crippen molar-refractivity contribution < 1.29 is 9.90 Å². The maximum atomic E-state index is 10.8. The fourth-order valence-electron chi connectivity index (χ4n) is 0.926. The number of hydrogen-bond acceptors (Lipinski definition) is 2. The first-order chi connectivity index (χ1) is 5.74. The van der Waals surface area contributed by atoms with E-state index in [-0.39, 0.29) is 24.4 Å². The number of carbonyl (C=O) groups is 1. The molecule has 0 aliphatic carbocycles. The minimum absolute atomic E-state index is 0.0113. The Morgan fingerprint density at radius 3 is 2.75 bits per heavy atom. The smallest absolute Gasteiger partial charge is 0.235 e. The zero-order valence-corrected chi connectivity index (χ0v) is 8.10. The molecule has 0 saturated carbocycles. The molecule has 72 valence electrons. The van der Waals surface area contributed by atoms with Gasteiger partial charge in [0.05, 0.1) is 12.6 Å². The summed E-state index contributed by atoms with van der Waals surface area (Å²) in [6.45, 7) is 2.06. The molecule has 0 aromatic carbocycles. The van der Waals surface area contributed by atoms with Gasteiger partial charge in [-0.2, -0.15) is 0 Å². The van der Waals surface area contributed by atoms with E-state index in [2.05, 4.69) is 12.2 Å². The van der Waals surface area contributed by atoms with E-state index in [0.717, 1.165) is 19.3 Å². The molecule has 0 saturated heterocycles. The molecule has 0 radical (unpaired) electrons. The van der Waals surface area contributed by atoms with Crippen LogP contribution >= 0.6 is 11.6 Å². The quantitative estimate of drug-likeness (QED) is 0.616. The topological polar surface area (TPSA) is 49.3 Å². The first-order valence-corrected chi connectivity index (χ1v) is 4.74. The van der Waals surface area contributed by atoms with Crippen molar-refractivity contribution in [3.8, 4) is 0 Å². The average molecular weight is 194 g/mol. The van der Waals surface area contributed by atoms with Crippen LogP contribution in [-0.2, 0) is 4.79 Å². The summed E-state index contributed by atoms with van der Waals surface area (Å²) in [6.07, 6.45) is 2.89. The molecule has 0 heterocycles. The third-order valence-corrected chi connectivity index (χ3v) is 1.86. The van der Waals surface area contributed by atoms with Crippen molar-refractivity contribution in [2.45, 2.75) is 32.2 Å². The molecule has 2 N–H and O–H groups in total. The number of hydrogen-bond donors (Lipinski definition) is 2. The van der Waals surface area contributed by atoms with Crippen LogP contribution in [0, 0.1) is 0 Å². The molecule has 0 aliphatic rings. The Kier molecular flexibility index (Phi) is 7.20. The lowest BCUT2D eigenvalue weighted by molar-refractivity contribution is -0.119. The van der Waals surface area contributed by atoms with Gasteiger partial charge in [-0.25, -0.2) is 0 Å². The SMILES string of the molecule is CCCC[C@H](CO)NC(=O)CCl. The van der Waals surface area contributed by atoms with Crippen LogP contribution in [0.25, 0.3) is 0 Å². The molecule has 1 atom stereocenters. The number of nitrogens with one attached hydrogen (secondary N) is 1.